The maximum absolute atomic E-state index is 13.0. The van der Waals surface area contributed by atoms with E-state index in [9.17, 15) is 22.8 Å². The van der Waals surface area contributed by atoms with Crippen LogP contribution < -0.4 is 10.1 Å². The molecule has 1 aromatic heterocycles. The number of rotatable bonds is 9. The van der Waals surface area contributed by atoms with E-state index in [4.69, 9.17) is 21.1 Å². The van der Waals surface area contributed by atoms with Crippen LogP contribution in [0.4, 0.5) is 13.2 Å². The van der Waals surface area contributed by atoms with Crippen molar-refractivity contribution in [3.8, 4) is 5.75 Å². The Balaban J connectivity index is 1.46. The summed E-state index contributed by atoms with van der Waals surface area (Å²) in [6, 6.07) is 9.78. The second kappa shape index (κ2) is 12.0. The minimum absolute atomic E-state index is 0.00794. The molecule has 0 saturated carbocycles. The van der Waals surface area contributed by atoms with Crippen LogP contribution in [0.2, 0.25) is 5.02 Å². The van der Waals surface area contributed by atoms with Crippen LogP contribution in [0.15, 0.2) is 42.6 Å². The Morgan fingerprint density at radius 2 is 1.84 bits per heavy atom. The summed E-state index contributed by atoms with van der Waals surface area (Å²) in [5.41, 5.74) is 0.997. The zero-order valence-corrected chi connectivity index (χ0v) is 21.5. The second-order valence-electron chi connectivity index (χ2n) is 9.12. The molecule has 0 atom stereocenters. The third-order valence-corrected chi connectivity index (χ3v) is 6.59. The highest BCUT2D eigenvalue weighted by molar-refractivity contribution is 6.30. The molecule has 2 amide bonds. The SMILES string of the molecule is COCCNC(=O)c1ccc2nn(CC3CCN(C(=O)c4ccc(Cl)cc4)CC3)cc2c1OCC(F)(F)F. The molecular weight excluding hydrogens is 525 g/mol. The molecule has 12 heteroatoms. The Morgan fingerprint density at radius 3 is 2.50 bits per heavy atom. The van der Waals surface area contributed by atoms with E-state index in [2.05, 4.69) is 10.4 Å². The predicted molar refractivity (Wildman–Crippen MR) is 136 cm³/mol. The van der Waals surface area contributed by atoms with Crippen LogP contribution in [0.1, 0.15) is 33.6 Å². The number of aromatic nitrogens is 2. The van der Waals surface area contributed by atoms with Crippen molar-refractivity contribution in [2.75, 3.05) is 40.0 Å². The van der Waals surface area contributed by atoms with Crippen molar-refractivity contribution >= 4 is 34.3 Å². The standard InChI is InChI=1S/C26H28ClF3N4O4/c1-37-13-10-31-24(35)20-6-7-22-21(23(20)38-16-26(28,29)30)15-34(32-22)14-17-8-11-33(12-9-17)25(36)18-2-4-19(27)5-3-18/h2-7,15,17H,8-14,16H2,1H3,(H,31,35). The molecule has 204 valence electrons. The molecule has 0 unspecified atom stereocenters. The summed E-state index contributed by atoms with van der Waals surface area (Å²) < 4.78 is 50.6. The molecule has 1 aliphatic heterocycles. The molecule has 2 aromatic carbocycles. The third-order valence-electron chi connectivity index (χ3n) is 6.34. The number of piperidine rings is 1. The second-order valence-corrected chi connectivity index (χ2v) is 9.56. The van der Waals surface area contributed by atoms with Crippen molar-refractivity contribution in [2.24, 2.45) is 5.92 Å². The number of nitrogens with one attached hydrogen (secondary N) is 1. The molecule has 1 fully saturated rings. The first-order valence-corrected chi connectivity index (χ1v) is 12.5. The minimum atomic E-state index is -4.57. The summed E-state index contributed by atoms with van der Waals surface area (Å²) >= 11 is 5.91. The molecule has 1 N–H and O–H groups in total. The van der Waals surface area contributed by atoms with Gasteiger partial charge in [0, 0.05) is 50.1 Å². The molecule has 1 saturated heterocycles. The largest absolute Gasteiger partial charge is 0.483 e. The van der Waals surface area contributed by atoms with Gasteiger partial charge in [0.05, 0.1) is 23.1 Å². The van der Waals surface area contributed by atoms with Gasteiger partial charge in [0.15, 0.2) is 6.61 Å². The molecule has 2 heterocycles. The van der Waals surface area contributed by atoms with E-state index in [-0.39, 0.29) is 36.3 Å². The first-order chi connectivity index (χ1) is 18.1. The van der Waals surface area contributed by atoms with Crippen LogP contribution >= 0.6 is 11.6 Å². The Morgan fingerprint density at radius 1 is 1.13 bits per heavy atom. The molecule has 3 aromatic rings. The Kier molecular flexibility index (Phi) is 8.78. The Hall–Kier alpha value is -3.31. The van der Waals surface area contributed by atoms with Crippen molar-refractivity contribution in [1.29, 1.82) is 0 Å². The monoisotopic (exact) mass is 552 g/mol. The number of halogens is 4. The molecule has 0 spiro atoms. The van der Waals surface area contributed by atoms with Crippen LogP contribution in [-0.2, 0) is 11.3 Å². The number of amides is 2. The Labute approximate surface area is 222 Å². The summed E-state index contributed by atoms with van der Waals surface area (Å²) in [5.74, 6) is -0.557. The van der Waals surface area contributed by atoms with E-state index in [1.54, 1.807) is 46.1 Å². The van der Waals surface area contributed by atoms with Crippen molar-refractivity contribution in [3.05, 3.63) is 58.7 Å². The normalized spacial score (nSPS) is 14.6. The number of hydrogen-bond acceptors (Lipinski definition) is 5. The topological polar surface area (TPSA) is 85.7 Å². The van der Waals surface area contributed by atoms with Gasteiger partial charge in [0.25, 0.3) is 11.8 Å². The first-order valence-electron chi connectivity index (χ1n) is 12.2. The lowest BCUT2D eigenvalue weighted by Crippen LogP contribution is -2.39. The minimum Gasteiger partial charge on any atom is -0.483 e. The average Bonchev–Trinajstić information content (AvgIpc) is 3.30. The van der Waals surface area contributed by atoms with Gasteiger partial charge >= 0.3 is 6.18 Å². The maximum Gasteiger partial charge on any atom is 0.422 e. The predicted octanol–water partition coefficient (Wildman–Crippen LogP) is 4.56. The fourth-order valence-corrected chi connectivity index (χ4v) is 4.55. The van der Waals surface area contributed by atoms with Gasteiger partial charge in [-0.3, -0.25) is 14.3 Å². The number of benzene rings is 2. The number of carbonyl (C=O) groups excluding carboxylic acids is 2. The smallest absolute Gasteiger partial charge is 0.422 e. The van der Waals surface area contributed by atoms with Crippen molar-refractivity contribution < 1.29 is 32.2 Å². The summed E-state index contributed by atoms with van der Waals surface area (Å²) in [4.78, 5) is 27.2. The van der Waals surface area contributed by atoms with E-state index in [0.29, 0.717) is 41.1 Å². The molecule has 1 aliphatic rings. The lowest BCUT2D eigenvalue weighted by atomic mass is 9.96. The lowest BCUT2D eigenvalue weighted by Gasteiger charge is -2.32. The highest BCUT2D eigenvalue weighted by atomic mass is 35.5. The number of alkyl halides is 3. The molecular formula is C26H28ClF3N4O4. The molecule has 0 radical (unpaired) electrons. The number of fused-ring (bicyclic) bond motifs is 1. The zero-order valence-electron chi connectivity index (χ0n) is 20.8. The van der Waals surface area contributed by atoms with Crippen LogP contribution in [0, 0.1) is 5.92 Å². The maximum atomic E-state index is 13.0. The van der Waals surface area contributed by atoms with E-state index < -0.39 is 18.7 Å². The van der Waals surface area contributed by atoms with Gasteiger partial charge in [-0.05, 0) is 55.2 Å². The van der Waals surface area contributed by atoms with Gasteiger partial charge in [0.2, 0.25) is 0 Å². The lowest BCUT2D eigenvalue weighted by molar-refractivity contribution is -0.153. The summed E-state index contributed by atoms with van der Waals surface area (Å²) in [5, 5.41) is 8.01. The van der Waals surface area contributed by atoms with Crippen LogP contribution in [0.5, 0.6) is 5.75 Å². The molecule has 0 aliphatic carbocycles. The quantitative estimate of drug-likeness (QED) is 0.393. The van der Waals surface area contributed by atoms with Gasteiger partial charge < -0.3 is 19.7 Å². The Bertz CT molecular complexity index is 1270. The van der Waals surface area contributed by atoms with Gasteiger partial charge in [-0.2, -0.15) is 18.3 Å². The summed E-state index contributed by atoms with van der Waals surface area (Å²) in [7, 11) is 1.48. The van der Waals surface area contributed by atoms with Crippen LogP contribution in [0.25, 0.3) is 10.9 Å². The number of methoxy groups -OCH3 is 1. The highest BCUT2D eigenvalue weighted by Crippen LogP contribution is 2.32. The fraction of sp³-hybridized carbons (Fsp3) is 0.423. The third kappa shape index (κ3) is 6.96. The van der Waals surface area contributed by atoms with E-state index >= 15 is 0 Å². The molecule has 0 bridgehead atoms. The van der Waals surface area contributed by atoms with E-state index in [1.165, 1.54) is 13.2 Å². The highest BCUT2D eigenvalue weighted by Gasteiger charge is 2.30. The van der Waals surface area contributed by atoms with Crippen LogP contribution in [0.3, 0.4) is 0 Å². The number of hydrogen-bond donors (Lipinski definition) is 1. The van der Waals surface area contributed by atoms with E-state index in [1.807, 2.05) is 0 Å². The summed E-state index contributed by atoms with van der Waals surface area (Å²) in [6.07, 6.45) is -1.46. The van der Waals surface area contributed by atoms with Gasteiger partial charge in [-0.25, -0.2) is 0 Å². The van der Waals surface area contributed by atoms with Crippen molar-refractivity contribution in [2.45, 2.75) is 25.6 Å². The van der Waals surface area contributed by atoms with E-state index in [0.717, 1.165) is 12.8 Å². The molecule has 38 heavy (non-hydrogen) atoms. The van der Waals surface area contributed by atoms with Gasteiger partial charge in [0.1, 0.15) is 5.75 Å². The molecule has 4 rings (SSSR count). The van der Waals surface area contributed by atoms with Crippen molar-refractivity contribution in [1.82, 2.24) is 20.0 Å². The fourth-order valence-electron chi connectivity index (χ4n) is 4.42. The first kappa shape index (κ1) is 27.7. The molecule has 8 nitrogen and oxygen atoms in total. The van der Waals surface area contributed by atoms with Gasteiger partial charge in [-0.15, -0.1) is 0 Å². The zero-order chi connectivity index (χ0) is 27.3. The van der Waals surface area contributed by atoms with Crippen molar-refractivity contribution in [3.63, 3.8) is 0 Å². The summed E-state index contributed by atoms with van der Waals surface area (Å²) in [6.45, 7) is 0.609. The average molecular weight is 553 g/mol. The van der Waals surface area contributed by atoms with Gasteiger partial charge in [-0.1, -0.05) is 11.6 Å². The number of carbonyl (C=O) groups is 2. The number of nitrogens with zero attached hydrogens (tertiary/aromatic N) is 3. The van der Waals surface area contributed by atoms with Crippen LogP contribution in [-0.4, -0.2) is 72.6 Å². The number of ether oxygens (including phenoxy) is 2. The number of likely N-dealkylation sites (tertiary alicyclic amines) is 1.